The van der Waals surface area contributed by atoms with Crippen LogP contribution in [-0.4, -0.2) is 29.6 Å². The Hall–Kier alpha value is -0.950. The zero-order valence-corrected chi connectivity index (χ0v) is 11.6. The summed E-state index contributed by atoms with van der Waals surface area (Å²) in [5, 5.41) is 4.98. The van der Waals surface area contributed by atoms with E-state index in [0.29, 0.717) is 5.13 Å². The third-order valence-corrected chi connectivity index (χ3v) is 4.38. The molecule has 1 atom stereocenters. The van der Waals surface area contributed by atoms with Gasteiger partial charge in [-0.25, -0.2) is 13.4 Å². The van der Waals surface area contributed by atoms with E-state index in [1.165, 1.54) is 16.9 Å². The van der Waals surface area contributed by atoms with Crippen LogP contribution in [0.1, 0.15) is 26.6 Å². The van der Waals surface area contributed by atoms with Crippen molar-refractivity contribution in [3.05, 3.63) is 17.3 Å². The highest BCUT2D eigenvalue weighted by Gasteiger charge is 2.24. The smallest absolute Gasteiger partial charge is 0.203 e. The van der Waals surface area contributed by atoms with Crippen LogP contribution in [0.5, 0.6) is 0 Å². The first-order chi connectivity index (χ1) is 7.76. The molecule has 1 aliphatic heterocycles. The van der Waals surface area contributed by atoms with E-state index in [1.54, 1.807) is 6.08 Å². The molecule has 0 aliphatic carbocycles. The fourth-order valence-corrected chi connectivity index (χ4v) is 3.47. The molecular formula is C10H15N3O2S2. The Morgan fingerprint density at radius 3 is 2.65 bits per heavy atom. The molecule has 0 amide bonds. The molecular weight excluding hydrogens is 258 g/mol. The monoisotopic (exact) mass is 273 g/mol. The van der Waals surface area contributed by atoms with Crippen molar-refractivity contribution >= 4 is 26.5 Å². The number of rotatable bonds is 2. The lowest BCUT2D eigenvalue weighted by atomic mass is 9.96. The lowest BCUT2D eigenvalue weighted by Gasteiger charge is -2.12. The Bertz CT molecular complexity index is 540. The molecule has 1 aromatic rings. The van der Waals surface area contributed by atoms with Crippen LogP contribution in [0.2, 0.25) is 0 Å². The molecule has 0 aromatic carbocycles. The average Bonchev–Trinajstić information content (AvgIpc) is 2.72. The first kappa shape index (κ1) is 12.5. The van der Waals surface area contributed by atoms with Crippen molar-refractivity contribution in [3.8, 4) is 0 Å². The molecule has 1 N–H and O–H groups in total. The summed E-state index contributed by atoms with van der Waals surface area (Å²) in [6.07, 6.45) is 1.65. The van der Waals surface area contributed by atoms with Crippen LogP contribution in [0.4, 0.5) is 5.13 Å². The second-order valence-electron chi connectivity index (χ2n) is 5.08. The molecule has 0 spiro atoms. The normalized spacial score (nSPS) is 22.9. The van der Waals surface area contributed by atoms with Crippen molar-refractivity contribution < 1.29 is 8.42 Å². The van der Waals surface area contributed by atoms with E-state index in [-0.39, 0.29) is 17.2 Å². The van der Waals surface area contributed by atoms with E-state index >= 15 is 0 Å². The van der Waals surface area contributed by atoms with E-state index in [1.807, 2.05) is 20.8 Å². The Morgan fingerprint density at radius 2 is 2.18 bits per heavy atom. The lowest BCUT2D eigenvalue weighted by molar-refractivity contribution is 0.555. The number of aromatic nitrogens is 2. The van der Waals surface area contributed by atoms with Crippen molar-refractivity contribution in [1.82, 2.24) is 9.36 Å². The fraction of sp³-hybridized carbons (Fsp3) is 0.600. The maximum atomic E-state index is 11.2. The summed E-state index contributed by atoms with van der Waals surface area (Å²) in [4.78, 5) is 4.36. The van der Waals surface area contributed by atoms with Gasteiger partial charge in [-0.2, -0.15) is 4.37 Å². The second kappa shape index (κ2) is 4.06. The first-order valence-corrected chi connectivity index (χ1v) is 7.77. The zero-order chi connectivity index (χ0) is 12.7. The van der Waals surface area contributed by atoms with E-state index in [0.717, 1.165) is 5.82 Å². The molecule has 1 aliphatic rings. The Labute approximate surface area is 105 Å². The van der Waals surface area contributed by atoms with Gasteiger partial charge in [0.15, 0.2) is 9.84 Å². The molecule has 5 nitrogen and oxygen atoms in total. The van der Waals surface area contributed by atoms with Gasteiger partial charge in [-0.3, -0.25) is 0 Å². The molecule has 17 heavy (non-hydrogen) atoms. The molecule has 7 heteroatoms. The molecule has 94 valence electrons. The molecule has 0 radical (unpaired) electrons. The van der Waals surface area contributed by atoms with E-state index in [4.69, 9.17) is 0 Å². The van der Waals surface area contributed by atoms with Gasteiger partial charge in [0.25, 0.3) is 0 Å². The summed E-state index contributed by atoms with van der Waals surface area (Å²) in [7, 11) is -3.02. The molecule has 1 unspecified atom stereocenters. The number of hydrogen-bond donors (Lipinski definition) is 1. The molecule has 0 fully saturated rings. The topological polar surface area (TPSA) is 72.0 Å². The van der Waals surface area contributed by atoms with Gasteiger partial charge in [0.05, 0.1) is 11.8 Å². The highest BCUT2D eigenvalue weighted by atomic mass is 32.2. The van der Waals surface area contributed by atoms with E-state index < -0.39 is 9.84 Å². The van der Waals surface area contributed by atoms with Gasteiger partial charge in [0, 0.05) is 22.4 Å². The summed E-state index contributed by atoms with van der Waals surface area (Å²) in [5.74, 6) is 0.868. The van der Waals surface area contributed by atoms with E-state index in [2.05, 4.69) is 14.7 Å². The van der Waals surface area contributed by atoms with Gasteiger partial charge < -0.3 is 5.32 Å². The quantitative estimate of drug-likeness (QED) is 0.885. The Kier molecular flexibility index (Phi) is 2.99. The SMILES string of the molecule is CC(C)(C)c1nsc(NC2C=CS(=O)(=O)C2)n1. The van der Waals surface area contributed by atoms with Crippen LogP contribution in [0.25, 0.3) is 0 Å². The molecule has 2 heterocycles. The first-order valence-electron chi connectivity index (χ1n) is 5.28. The Balaban J connectivity index is 2.06. The van der Waals surface area contributed by atoms with Crippen LogP contribution >= 0.6 is 11.5 Å². The van der Waals surface area contributed by atoms with Crippen LogP contribution < -0.4 is 5.32 Å². The van der Waals surface area contributed by atoms with Crippen molar-refractivity contribution in [1.29, 1.82) is 0 Å². The molecule has 0 saturated heterocycles. The summed E-state index contributed by atoms with van der Waals surface area (Å²) < 4.78 is 26.7. The predicted molar refractivity (Wildman–Crippen MR) is 68.9 cm³/mol. The van der Waals surface area contributed by atoms with Crippen LogP contribution in [-0.2, 0) is 15.3 Å². The number of hydrogen-bond acceptors (Lipinski definition) is 6. The van der Waals surface area contributed by atoms with Crippen molar-refractivity contribution in [2.75, 3.05) is 11.1 Å². The lowest BCUT2D eigenvalue weighted by Crippen LogP contribution is -2.21. The van der Waals surface area contributed by atoms with Crippen LogP contribution in [0.15, 0.2) is 11.5 Å². The minimum Gasteiger partial charge on any atom is -0.353 e. The van der Waals surface area contributed by atoms with Gasteiger partial charge in [-0.1, -0.05) is 20.8 Å². The maximum absolute atomic E-state index is 11.2. The van der Waals surface area contributed by atoms with Crippen molar-refractivity contribution in [2.45, 2.75) is 32.2 Å². The molecule has 1 aromatic heterocycles. The van der Waals surface area contributed by atoms with E-state index in [9.17, 15) is 8.42 Å². The maximum Gasteiger partial charge on any atom is 0.203 e. The second-order valence-corrected chi connectivity index (χ2v) is 7.77. The van der Waals surface area contributed by atoms with Gasteiger partial charge in [-0.15, -0.1) is 0 Å². The molecule has 2 rings (SSSR count). The molecule has 0 bridgehead atoms. The van der Waals surface area contributed by atoms with Crippen molar-refractivity contribution in [3.63, 3.8) is 0 Å². The van der Waals surface area contributed by atoms with Gasteiger partial charge in [-0.05, 0) is 6.08 Å². The van der Waals surface area contributed by atoms with Gasteiger partial charge >= 0.3 is 0 Å². The fourth-order valence-electron chi connectivity index (χ4n) is 1.41. The third-order valence-electron chi connectivity index (χ3n) is 2.34. The largest absolute Gasteiger partial charge is 0.353 e. The van der Waals surface area contributed by atoms with Gasteiger partial charge in [0.2, 0.25) is 5.13 Å². The zero-order valence-electron chi connectivity index (χ0n) is 9.97. The summed E-state index contributed by atoms with van der Waals surface area (Å²) in [5.41, 5.74) is -0.0893. The standard InChI is InChI=1S/C10H15N3O2S2/c1-10(2,3)8-12-9(16-13-8)11-7-4-5-17(14,15)6-7/h4-5,7H,6H2,1-3H3,(H,11,12,13). The minimum atomic E-state index is -3.02. The minimum absolute atomic E-state index is 0.0893. The summed E-state index contributed by atoms with van der Waals surface area (Å²) in [6, 6.07) is -0.194. The van der Waals surface area contributed by atoms with Crippen LogP contribution in [0.3, 0.4) is 0 Å². The Morgan fingerprint density at radius 1 is 1.47 bits per heavy atom. The highest BCUT2D eigenvalue weighted by molar-refractivity contribution is 7.94. The number of nitrogens with one attached hydrogen (secondary N) is 1. The number of sulfone groups is 1. The summed E-state index contributed by atoms with van der Waals surface area (Å²) >= 11 is 1.26. The van der Waals surface area contributed by atoms with Crippen molar-refractivity contribution in [2.24, 2.45) is 0 Å². The predicted octanol–water partition coefficient (Wildman–Crippen LogP) is 1.56. The third kappa shape index (κ3) is 3.04. The molecule has 0 saturated carbocycles. The number of nitrogens with zero attached hydrogens (tertiary/aromatic N) is 2. The van der Waals surface area contributed by atoms with Gasteiger partial charge in [0.1, 0.15) is 5.82 Å². The highest BCUT2D eigenvalue weighted by Crippen LogP contribution is 2.24. The average molecular weight is 273 g/mol. The number of anilines is 1. The van der Waals surface area contributed by atoms with Crippen LogP contribution in [0, 0.1) is 0 Å². The summed E-state index contributed by atoms with van der Waals surface area (Å²) in [6.45, 7) is 6.12.